The predicted octanol–water partition coefficient (Wildman–Crippen LogP) is -0.497. The van der Waals surface area contributed by atoms with Gasteiger partial charge < -0.3 is 9.67 Å². The maximum atomic E-state index is 12.0. The first kappa shape index (κ1) is 12.5. The number of nitrogens with zero attached hydrogens (tertiary/aromatic N) is 4. The number of aliphatic hydroxyl groups excluding tert-OH is 1. The lowest BCUT2D eigenvalue weighted by Crippen LogP contribution is -2.14. The van der Waals surface area contributed by atoms with Gasteiger partial charge >= 0.3 is 0 Å². The number of aryl methyl sites for hydroxylation is 1. The van der Waals surface area contributed by atoms with Crippen LogP contribution < -0.4 is 4.72 Å². The van der Waals surface area contributed by atoms with Gasteiger partial charge in [-0.3, -0.25) is 0 Å². The second kappa shape index (κ2) is 4.70. The van der Waals surface area contributed by atoms with Gasteiger partial charge in [0, 0.05) is 18.9 Å². The molecule has 0 atom stereocenters. The number of aromatic nitrogens is 4. The van der Waals surface area contributed by atoms with Crippen LogP contribution in [-0.4, -0.2) is 33.3 Å². The molecule has 0 saturated heterocycles. The van der Waals surface area contributed by atoms with Crippen LogP contribution in [0.15, 0.2) is 29.6 Å². The Morgan fingerprint density at radius 2 is 2.22 bits per heavy atom. The summed E-state index contributed by atoms with van der Waals surface area (Å²) in [6, 6.07) is 1.37. The molecule has 0 aliphatic carbocycles. The molecule has 0 aliphatic heterocycles. The minimum absolute atomic E-state index is 0.0292. The number of anilines is 1. The second-order valence-corrected chi connectivity index (χ2v) is 5.19. The molecule has 0 unspecified atom stereocenters. The van der Waals surface area contributed by atoms with Crippen molar-refractivity contribution in [3.63, 3.8) is 0 Å². The summed E-state index contributed by atoms with van der Waals surface area (Å²) in [6.07, 6.45) is 4.06. The highest BCUT2D eigenvalue weighted by Crippen LogP contribution is 2.15. The molecular formula is C9H11N5O3S. The van der Waals surface area contributed by atoms with Gasteiger partial charge in [-0.1, -0.05) is 0 Å². The molecular weight excluding hydrogens is 258 g/mol. The summed E-state index contributed by atoms with van der Waals surface area (Å²) in [4.78, 5) is 3.75. The van der Waals surface area contributed by atoms with Gasteiger partial charge in [-0.15, -0.1) is 5.10 Å². The maximum Gasteiger partial charge on any atom is 0.265 e. The summed E-state index contributed by atoms with van der Waals surface area (Å²) in [5, 5.41) is 16.1. The van der Waals surface area contributed by atoms with Crippen molar-refractivity contribution in [2.75, 3.05) is 4.72 Å². The third-order valence-corrected chi connectivity index (χ3v) is 3.56. The standard InChI is InChI=1S/C9H11N5O3S/c1-14-5-8(4-7(14)6-15)18(16,17)13-9-10-2-3-11-12-9/h2-5,15H,6H2,1H3,(H,10,12,13). The van der Waals surface area contributed by atoms with E-state index in [0.717, 1.165) is 0 Å². The van der Waals surface area contributed by atoms with Crippen molar-refractivity contribution >= 4 is 16.0 Å². The third kappa shape index (κ3) is 2.46. The summed E-state index contributed by atoms with van der Waals surface area (Å²) >= 11 is 0. The van der Waals surface area contributed by atoms with Crippen molar-refractivity contribution in [2.45, 2.75) is 11.5 Å². The van der Waals surface area contributed by atoms with Gasteiger partial charge in [-0.2, -0.15) is 5.10 Å². The fraction of sp³-hybridized carbons (Fsp3) is 0.222. The van der Waals surface area contributed by atoms with Gasteiger partial charge in [0.05, 0.1) is 19.0 Å². The lowest BCUT2D eigenvalue weighted by molar-refractivity contribution is 0.272. The Kier molecular flexibility index (Phi) is 3.26. The molecule has 0 spiro atoms. The zero-order chi connectivity index (χ0) is 13.2. The van der Waals surface area contributed by atoms with E-state index in [9.17, 15) is 8.42 Å². The topological polar surface area (TPSA) is 110 Å². The van der Waals surface area contributed by atoms with E-state index in [0.29, 0.717) is 5.69 Å². The van der Waals surface area contributed by atoms with Gasteiger partial charge in [0.25, 0.3) is 16.0 Å². The summed E-state index contributed by atoms with van der Waals surface area (Å²) in [6.45, 7) is -0.241. The van der Waals surface area contributed by atoms with E-state index in [1.165, 1.54) is 29.2 Å². The molecule has 2 heterocycles. The Hall–Kier alpha value is -2.00. The van der Waals surface area contributed by atoms with E-state index in [-0.39, 0.29) is 17.5 Å². The highest BCUT2D eigenvalue weighted by molar-refractivity contribution is 7.92. The first-order chi connectivity index (χ1) is 8.53. The van der Waals surface area contributed by atoms with Crippen LogP contribution in [0.3, 0.4) is 0 Å². The molecule has 2 aromatic rings. The van der Waals surface area contributed by atoms with Gasteiger partial charge in [-0.25, -0.2) is 18.1 Å². The van der Waals surface area contributed by atoms with Crippen molar-refractivity contribution < 1.29 is 13.5 Å². The van der Waals surface area contributed by atoms with E-state index in [1.807, 2.05) is 0 Å². The van der Waals surface area contributed by atoms with Crippen LogP contribution in [-0.2, 0) is 23.7 Å². The predicted molar refractivity (Wildman–Crippen MR) is 62.0 cm³/mol. The normalized spacial score (nSPS) is 11.4. The molecule has 0 amide bonds. The first-order valence-corrected chi connectivity index (χ1v) is 6.44. The summed E-state index contributed by atoms with van der Waals surface area (Å²) in [5.74, 6) is -0.105. The maximum absolute atomic E-state index is 12.0. The largest absolute Gasteiger partial charge is 0.390 e. The van der Waals surface area contributed by atoms with E-state index in [2.05, 4.69) is 19.9 Å². The van der Waals surface area contributed by atoms with Crippen molar-refractivity contribution in [1.29, 1.82) is 0 Å². The van der Waals surface area contributed by atoms with Gasteiger partial charge in [0.1, 0.15) is 4.90 Å². The summed E-state index contributed by atoms with van der Waals surface area (Å²) < 4.78 is 27.7. The van der Waals surface area contributed by atoms with Gasteiger partial charge in [0.15, 0.2) is 0 Å². The zero-order valence-corrected chi connectivity index (χ0v) is 10.3. The number of hydrogen-bond donors (Lipinski definition) is 2. The average Bonchev–Trinajstić information content (AvgIpc) is 2.72. The van der Waals surface area contributed by atoms with Gasteiger partial charge in [0.2, 0.25) is 0 Å². The van der Waals surface area contributed by atoms with Gasteiger partial charge in [-0.05, 0) is 6.07 Å². The number of nitrogens with one attached hydrogen (secondary N) is 1. The Balaban J connectivity index is 2.31. The Morgan fingerprint density at radius 1 is 1.44 bits per heavy atom. The quantitative estimate of drug-likeness (QED) is 0.774. The fourth-order valence-corrected chi connectivity index (χ4v) is 2.39. The van der Waals surface area contributed by atoms with Crippen LogP contribution in [0.5, 0.6) is 0 Å². The highest BCUT2D eigenvalue weighted by atomic mass is 32.2. The Bertz CT molecular complexity index is 637. The van der Waals surface area contributed by atoms with Crippen LogP contribution in [0.25, 0.3) is 0 Å². The number of aliphatic hydroxyl groups is 1. The van der Waals surface area contributed by atoms with Crippen molar-refractivity contribution in [1.82, 2.24) is 19.7 Å². The fourth-order valence-electron chi connectivity index (χ4n) is 1.35. The molecule has 0 saturated carbocycles. The van der Waals surface area contributed by atoms with Crippen LogP contribution in [0.4, 0.5) is 5.95 Å². The van der Waals surface area contributed by atoms with Crippen molar-refractivity contribution in [2.24, 2.45) is 7.05 Å². The number of hydrogen-bond acceptors (Lipinski definition) is 6. The smallest absolute Gasteiger partial charge is 0.265 e. The molecule has 96 valence electrons. The van der Waals surface area contributed by atoms with Crippen LogP contribution >= 0.6 is 0 Å². The monoisotopic (exact) mass is 269 g/mol. The summed E-state index contributed by atoms with van der Waals surface area (Å²) in [7, 11) is -2.13. The van der Waals surface area contributed by atoms with E-state index < -0.39 is 10.0 Å². The van der Waals surface area contributed by atoms with Crippen LogP contribution in [0.2, 0.25) is 0 Å². The molecule has 2 aromatic heterocycles. The molecule has 0 radical (unpaired) electrons. The molecule has 0 aliphatic rings. The molecule has 0 fully saturated rings. The molecule has 2 rings (SSSR count). The van der Waals surface area contributed by atoms with Crippen LogP contribution in [0, 0.1) is 0 Å². The SMILES string of the molecule is Cn1cc(S(=O)(=O)Nc2nccnn2)cc1CO. The molecule has 0 aromatic carbocycles. The first-order valence-electron chi connectivity index (χ1n) is 4.95. The Labute approximate surface area is 103 Å². The molecule has 8 nitrogen and oxygen atoms in total. The summed E-state index contributed by atoms with van der Waals surface area (Å²) in [5.41, 5.74) is 0.488. The van der Waals surface area contributed by atoms with Crippen molar-refractivity contribution in [3.8, 4) is 0 Å². The minimum Gasteiger partial charge on any atom is -0.390 e. The second-order valence-electron chi connectivity index (χ2n) is 3.51. The molecule has 9 heteroatoms. The molecule has 2 N–H and O–H groups in total. The molecule has 0 bridgehead atoms. The minimum atomic E-state index is -3.77. The van der Waals surface area contributed by atoms with E-state index in [4.69, 9.17) is 5.11 Å². The Morgan fingerprint density at radius 3 is 2.78 bits per heavy atom. The lowest BCUT2D eigenvalue weighted by Gasteiger charge is -2.02. The third-order valence-electron chi connectivity index (χ3n) is 2.26. The van der Waals surface area contributed by atoms with E-state index >= 15 is 0 Å². The van der Waals surface area contributed by atoms with E-state index in [1.54, 1.807) is 7.05 Å². The van der Waals surface area contributed by atoms with Crippen molar-refractivity contribution in [3.05, 3.63) is 30.4 Å². The average molecular weight is 269 g/mol. The lowest BCUT2D eigenvalue weighted by atomic mass is 10.5. The van der Waals surface area contributed by atoms with Crippen LogP contribution in [0.1, 0.15) is 5.69 Å². The molecule has 18 heavy (non-hydrogen) atoms. The zero-order valence-electron chi connectivity index (χ0n) is 9.48. The number of rotatable bonds is 4. The number of sulfonamides is 1. The highest BCUT2D eigenvalue weighted by Gasteiger charge is 2.18.